The van der Waals surface area contributed by atoms with Crippen molar-refractivity contribution >= 4 is 16.7 Å². The van der Waals surface area contributed by atoms with Crippen molar-refractivity contribution in [3.8, 4) is 23.2 Å². The quantitative estimate of drug-likeness (QED) is 0.492. The van der Waals surface area contributed by atoms with Crippen LogP contribution in [0.3, 0.4) is 0 Å². The second-order valence-corrected chi connectivity index (χ2v) is 7.71. The van der Waals surface area contributed by atoms with Crippen LogP contribution in [0, 0.1) is 6.92 Å². The minimum atomic E-state index is 0.346. The molecule has 0 radical (unpaired) electrons. The van der Waals surface area contributed by atoms with Crippen LogP contribution in [0.15, 0.2) is 52.9 Å². The zero-order chi connectivity index (χ0) is 19.8. The standard InChI is InChI=1S/C23H23N5O/c1-15-8-7-10-17(14-15)22-26-27-23(29-22)20-24-19-12-4-3-11-18(19)21(25-20)28-13-6-5-9-16(28)2/h3-4,7-8,10-12,14,16H,5-6,9,13H2,1-2H3/t16-/m0/s1. The Morgan fingerprint density at radius 3 is 2.69 bits per heavy atom. The molecule has 0 amide bonds. The number of benzene rings is 2. The van der Waals surface area contributed by atoms with Crippen molar-refractivity contribution in [1.82, 2.24) is 20.2 Å². The van der Waals surface area contributed by atoms with Crippen LogP contribution >= 0.6 is 0 Å². The predicted octanol–water partition coefficient (Wildman–Crippen LogP) is 5.03. The molecule has 6 heteroatoms. The van der Waals surface area contributed by atoms with Gasteiger partial charge in [-0.1, -0.05) is 29.8 Å². The van der Waals surface area contributed by atoms with Gasteiger partial charge in [0, 0.05) is 23.5 Å². The van der Waals surface area contributed by atoms with Crippen molar-refractivity contribution in [2.45, 2.75) is 39.2 Å². The van der Waals surface area contributed by atoms with Gasteiger partial charge in [0.15, 0.2) is 0 Å². The lowest BCUT2D eigenvalue weighted by Crippen LogP contribution is -2.38. The first-order chi connectivity index (χ1) is 14.2. The summed E-state index contributed by atoms with van der Waals surface area (Å²) in [5, 5.41) is 9.53. The summed E-state index contributed by atoms with van der Waals surface area (Å²) >= 11 is 0. The summed E-state index contributed by atoms with van der Waals surface area (Å²) in [7, 11) is 0. The molecule has 1 aliphatic heterocycles. The summed E-state index contributed by atoms with van der Waals surface area (Å²) in [4.78, 5) is 12.0. The van der Waals surface area contributed by atoms with E-state index in [9.17, 15) is 0 Å². The molecule has 0 bridgehead atoms. The first-order valence-electron chi connectivity index (χ1n) is 10.1. The summed E-state index contributed by atoms with van der Waals surface area (Å²) in [5.41, 5.74) is 2.93. The number of aromatic nitrogens is 4. The maximum absolute atomic E-state index is 5.96. The Bertz CT molecular complexity index is 1170. The van der Waals surface area contributed by atoms with Crippen LogP contribution in [0.2, 0.25) is 0 Å². The summed E-state index contributed by atoms with van der Waals surface area (Å²) in [6.45, 7) is 5.30. The topological polar surface area (TPSA) is 67.9 Å². The number of hydrogen-bond acceptors (Lipinski definition) is 6. The average Bonchev–Trinajstić information content (AvgIpc) is 3.24. The van der Waals surface area contributed by atoms with Crippen LogP contribution in [-0.4, -0.2) is 32.8 Å². The van der Waals surface area contributed by atoms with Gasteiger partial charge >= 0.3 is 0 Å². The first-order valence-corrected chi connectivity index (χ1v) is 10.1. The molecule has 0 unspecified atom stereocenters. The summed E-state index contributed by atoms with van der Waals surface area (Å²) < 4.78 is 5.96. The van der Waals surface area contributed by atoms with Gasteiger partial charge in [-0.05, 0) is 57.4 Å². The Morgan fingerprint density at radius 2 is 1.83 bits per heavy atom. The Hall–Kier alpha value is -3.28. The lowest BCUT2D eigenvalue weighted by Gasteiger charge is -2.35. The van der Waals surface area contributed by atoms with E-state index in [0.717, 1.165) is 34.4 Å². The number of rotatable bonds is 3. The Balaban J connectivity index is 1.61. The van der Waals surface area contributed by atoms with Crippen molar-refractivity contribution in [1.29, 1.82) is 0 Å². The fourth-order valence-corrected chi connectivity index (χ4v) is 4.00. The first kappa shape index (κ1) is 17.8. The number of nitrogens with zero attached hydrogens (tertiary/aromatic N) is 5. The molecule has 1 saturated heterocycles. The van der Waals surface area contributed by atoms with Crippen LogP contribution in [-0.2, 0) is 0 Å². The molecule has 1 fully saturated rings. The number of para-hydroxylation sites is 1. The molecule has 3 heterocycles. The van der Waals surface area contributed by atoms with E-state index in [1.807, 2.05) is 49.4 Å². The van der Waals surface area contributed by atoms with Gasteiger partial charge in [-0.25, -0.2) is 9.97 Å². The molecular weight excluding hydrogens is 362 g/mol. The van der Waals surface area contributed by atoms with Crippen molar-refractivity contribution in [3.63, 3.8) is 0 Å². The van der Waals surface area contributed by atoms with E-state index in [1.165, 1.54) is 19.3 Å². The second-order valence-electron chi connectivity index (χ2n) is 7.71. The maximum Gasteiger partial charge on any atom is 0.286 e. The summed E-state index contributed by atoms with van der Waals surface area (Å²) in [6.07, 6.45) is 3.61. The fourth-order valence-electron chi connectivity index (χ4n) is 4.00. The zero-order valence-corrected chi connectivity index (χ0v) is 16.7. The van der Waals surface area contributed by atoms with E-state index in [1.54, 1.807) is 0 Å². The van der Waals surface area contributed by atoms with Gasteiger partial charge < -0.3 is 9.32 Å². The molecule has 0 spiro atoms. The second kappa shape index (κ2) is 7.28. The number of hydrogen-bond donors (Lipinski definition) is 0. The lowest BCUT2D eigenvalue weighted by molar-refractivity contribution is 0.482. The van der Waals surface area contributed by atoms with Crippen LogP contribution in [0.5, 0.6) is 0 Å². The average molecular weight is 385 g/mol. The largest absolute Gasteiger partial charge is 0.413 e. The van der Waals surface area contributed by atoms with Gasteiger partial charge in [-0.2, -0.15) is 0 Å². The van der Waals surface area contributed by atoms with E-state index in [2.05, 4.69) is 28.1 Å². The molecule has 0 saturated carbocycles. The van der Waals surface area contributed by atoms with Crippen LogP contribution in [0.1, 0.15) is 31.7 Å². The van der Waals surface area contributed by atoms with Gasteiger partial charge in [0.2, 0.25) is 11.7 Å². The maximum atomic E-state index is 5.96. The smallest absolute Gasteiger partial charge is 0.286 e. The highest BCUT2D eigenvalue weighted by atomic mass is 16.4. The van der Waals surface area contributed by atoms with Gasteiger partial charge in [0.05, 0.1) is 5.52 Å². The molecule has 2 aromatic heterocycles. The van der Waals surface area contributed by atoms with Gasteiger partial charge in [-0.15, -0.1) is 10.2 Å². The van der Waals surface area contributed by atoms with Crippen molar-refractivity contribution in [3.05, 3.63) is 54.1 Å². The molecule has 5 rings (SSSR count). The van der Waals surface area contributed by atoms with Gasteiger partial charge in [0.25, 0.3) is 5.89 Å². The molecule has 2 aromatic carbocycles. The van der Waals surface area contributed by atoms with E-state index in [-0.39, 0.29) is 0 Å². The number of anilines is 1. The minimum Gasteiger partial charge on any atom is -0.413 e. The van der Waals surface area contributed by atoms with E-state index >= 15 is 0 Å². The SMILES string of the molecule is Cc1cccc(-c2nnc(-c3nc(N4CCCC[C@@H]4C)c4ccccc4n3)o2)c1. The van der Waals surface area contributed by atoms with E-state index in [0.29, 0.717) is 23.6 Å². The normalized spacial score (nSPS) is 17.0. The van der Waals surface area contributed by atoms with Crippen molar-refractivity contribution in [2.75, 3.05) is 11.4 Å². The molecule has 29 heavy (non-hydrogen) atoms. The lowest BCUT2D eigenvalue weighted by atomic mass is 10.0. The zero-order valence-electron chi connectivity index (χ0n) is 16.7. The number of aryl methyl sites for hydroxylation is 1. The molecule has 1 aliphatic rings. The molecule has 1 atom stereocenters. The van der Waals surface area contributed by atoms with Crippen LogP contribution in [0.25, 0.3) is 34.1 Å². The Kier molecular flexibility index (Phi) is 4.46. The highest BCUT2D eigenvalue weighted by molar-refractivity contribution is 5.90. The molecule has 0 aliphatic carbocycles. The summed E-state index contributed by atoms with van der Waals surface area (Å²) in [6, 6.07) is 16.6. The summed E-state index contributed by atoms with van der Waals surface area (Å²) in [5.74, 6) is 2.25. The van der Waals surface area contributed by atoms with Crippen LogP contribution < -0.4 is 4.90 Å². The third-order valence-corrected chi connectivity index (χ3v) is 5.54. The van der Waals surface area contributed by atoms with E-state index < -0.39 is 0 Å². The monoisotopic (exact) mass is 385 g/mol. The molecular formula is C23H23N5O. The minimum absolute atomic E-state index is 0.346. The molecule has 6 nitrogen and oxygen atoms in total. The third-order valence-electron chi connectivity index (χ3n) is 5.54. The van der Waals surface area contributed by atoms with Gasteiger partial charge in [0.1, 0.15) is 5.82 Å². The molecule has 146 valence electrons. The predicted molar refractivity (Wildman–Crippen MR) is 114 cm³/mol. The fraction of sp³-hybridized carbons (Fsp3) is 0.304. The Labute approximate surface area is 169 Å². The molecule has 4 aromatic rings. The number of fused-ring (bicyclic) bond motifs is 1. The number of piperidine rings is 1. The Morgan fingerprint density at radius 1 is 0.966 bits per heavy atom. The van der Waals surface area contributed by atoms with Crippen molar-refractivity contribution in [2.24, 2.45) is 0 Å². The highest BCUT2D eigenvalue weighted by Crippen LogP contribution is 2.32. The van der Waals surface area contributed by atoms with Gasteiger partial charge in [-0.3, -0.25) is 0 Å². The van der Waals surface area contributed by atoms with Crippen LogP contribution in [0.4, 0.5) is 5.82 Å². The van der Waals surface area contributed by atoms with E-state index in [4.69, 9.17) is 14.4 Å². The molecule has 0 N–H and O–H groups in total. The third kappa shape index (κ3) is 3.35. The highest BCUT2D eigenvalue weighted by Gasteiger charge is 2.24. The van der Waals surface area contributed by atoms with Crippen molar-refractivity contribution < 1.29 is 4.42 Å².